The Morgan fingerprint density at radius 2 is 2.24 bits per heavy atom. The van der Waals surface area contributed by atoms with E-state index < -0.39 is 0 Å². The molecule has 1 N–H and O–H groups in total. The quantitative estimate of drug-likeness (QED) is 0.864. The highest BCUT2D eigenvalue weighted by Crippen LogP contribution is 2.24. The summed E-state index contributed by atoms with van der Waals surface area (Å²) in [5.74, 6) is 0.530. The maximum atomic E-state index is 12.4. The number of aliphatic hydroxyl groups excluding tert-OH is 1. The van der Waals surface area contributed by atoms with Crippen LogP contribution in [0.3, 0.4) is 0 Å². The topological polar surface area (TPSA) is 49.8 Å². The van der Waals surface area contributed by atoms with Gasteiger partial charge in [-0.3, -0.25) is 4.79 Å². The molecule has 1 amide bonds. The number of aryl methyl sites for hydroxylation is 2. The number of amides is 1. The molecule has 2 unspecified atom stereocenters. The minimum Gasteiger partial charge on any atom is -0.394 e. The van der Waals surface area contributed by atoms with E-state index in [-0.39, 0.29) is 24.7 Å². The van der Waals surface area contributed by atoms with Crippen LogP contribution in [0.1, 0.15) is 18.1 Å². The summed E-state index contributed by atoms with van der Waals surface area (Å²) in [6.07, 6.45) is -0.254. The number of thioether (sulfide) groups is 1. The number of hydrogen-bond donors (Lipinski definition) is 1. The Labute approximate surface area is 130 Å². The van der Waals surface area contributed by atoms with E-state index >= 15 is 0 Å². The Morgan fingerprint density at radius 3 is 2.95 bits per heavy atom. The first-order chi connectivity index (χ1) is 10.0. The number of ether oxygens (including phenoxy) is 1. The molecule has 1 fully saturated rings. The lowest BCUT2D eigenvalue weighted by Crippen LogP contribution is -2.52. The van der Waals surface area contributed by atoms with Gasteiger partial charge in [-0.25, -0.2) is 0 Å². The molecule has 0 spiro atoms. The summed E-state index contributed by atoms with van der Waals surface area (Å²) in [7, 11) is 0. The van der Waals surface area contributed by atoms with Crippen LogP contribution in [0.15, 0.2) is 23.1 Å². The van der Waals surface area contributed by atoms with Crippen LogP contribution in [0, 0.1) is 13.8 Å². The van der Waals surface area contributed by atoms with Gasteiger partial charge in [0.2, 0.25) is 5.91 Å². The largest absolute Gasteiger partial charge is 0.394 e. The van der Waals surface area contributed by atoms with E-state index in [1.54, 1.807) is 11.8 Å². The molecule has 5 heteroatoms. The molecule has 1 saturated heterocycles. The monoisotopic (exact) mass is 309 g/mol. The number of morpholine rings is 1. The lowest BCUT2D eigenvalue weighted by Gasteiger charge is -2.37. The molecule has 1 aliphatic heterocycles. The fourth-order valence-electron chi connectivity index (χ4n) is 2.36. The third-order valence-electron chi connectivity index (χ3n) is 3.72. The van der Waals surface area contributed by atoms with Crippen molar-refractivity contribution in [1.82, 2.24) is 4.90 Å². The third kappa shape index (κ3) is 4.22. The molecule has 1 aromatic carbocycles. The summed E-state index contributed by atoms with van der Waals surface area (Å²) >= 11 is 1.58. The molecule has 1 heterocycles. The van der Waals surface area contributed by atoms with Gasteiger partial charge in [0.25, 0.3) is 0 Å². The number of carbonyl (C=O) groups is 1. The van der Waals surface area contributed by atoms with Gasteiger partial charge in [-0.2, -0.15) is 0 Å². The molecular formula is C16H23NO3S. The number of nitrogens with zero attached hydrogens (tertiary/aromatic N) is 1. The van der Waals surface area contributed by atoms with Gasteiger partial charge in [-0.05, 0) is 32.4 Å². The summed E-state index contributed by atoms with van der Waals surface area (Å²) < 4.78 is 5.47. The summed E-state index contributed by atoms with van der Waals surface area (Å²) in [6, 6.07) is 6.35. The number of carbonyl (C=O) groups excluding carboxylic acids is 1. The molecular weight excluding hydrogens is 286 g/mol. The summed E-state index contributed by atoms with van der Waals surface area (Å²) in [6.45, 7) is 7.02. The summed E-state index contributed by atoms with van der Waals surface area (Å²) in [5, 5.41) is 9.18. The van der Waals surface area contributed by atoms with Crippen LogP contribution in [-0.2, 0) is 9.53 Å². The first-order valence-electron chi connectivity index (χ1n) is 7.23. The van der Waals surface area contributed by atoms with Crippen molar-refractivity contribution in [2.75, 3.05) is 25.5 Å². The van der Waals surface area contributed by atoms with Crippen LogP contribution < -0.4 is 0 Å². The van der Waals surface area contributed by atoms with Crippen LogP contribution in [0.4, 0.5) is 0 Å². The van der Waals surface area contributed by atoms with Gasteiger partial charge in [0.15, 0.2) is 0 Å². The van der Waals surface area contributed by atoms with Crippen molar-refractivity contribution in [1.29, 1.82) is 0 Å². The van der Waals surface area contributed by atoms with E-state index in [0.29, 0.717) is 18.9 Å². The molecule has 1 aromatic rings. The zero-order chi connectivity index (χ0) is 15.4. The molecule has 0 radical (unpaired) electrons. The molecule has 4 nitrogen and oxygen atoms in total. The Bertz CT molecular complexity index is 506. The second-order valence-corrected chi connectivity index (χ2v) is 6.61. The summed E-state index contributed by atoms with van der Waals surface area (Å²) in [5.41, 5.74) is 2.40. The average molecular weight is 309 g/mol. The van der Waals surface area contributed by atoms with Crippen LogP contribution in [-0.4, -0.2) is 53.6 Å². The van der Waals surface area contributed by atoms with E-state index in [2.05, 4.69) is 32.0 Å². The maximum Gasteiger partial charge on any atom is 0.233 e. The van der Waals surface area contributed by atoms with Gasteiger partial charge in [-0.15, -0.1) is 11.8 Å². The molecule has 2 rings (SSSR count). The minimum atomic E-state index is -0.254. The highest BCUT2D eigenvalue weighted by atomic mass is 32.2. The molecule has 0 saturated carbocycles. The van der Waals surface area contributed by atoms with Gasteiger partial charge < -0.3 is 14.7 Å². The van der Waals surface area contributed by atoms with Gasteiger partial charge in [-0.1, -0.05) is 17.7 Å². The average Bonchev–Trinajstić information content (AvgIpc) is 2.48. The molecule has 21 heavy (non-hydrogen) atoms. The smallest absolute Gasteiger partial charge is 0.233 e. The first kappa shape index (κ1) is 16.3. The van der Waals surface area contributed by atoms with Crippen molar-refractivity contribution in [3.63, 3.8) is 0 Å². The van der Waals surface area contributed by atoms with E-state index in [1.165, 1.54) is 11.1 Å². The van der Waals surface area contributed by atoms with Gasteiger partial charge in [0.1, 0.15) is 0 Å². The molecule has 0 bridgehead atoms. The van der Waals surface area contributed by atoms with E-state index in [4.69, 9.17) is 4.74 Å². The van der Waals surface area contributed by atoms with Crippen molar-refractivity contribution < 1.29 is 14.6 Å². The molecule has 1 aliphatic rings. The minimum absolute atomic E-state index is 0.0410. The van der Waals surface area contributed by atoms with Crippen molar-refractivity contribution in [2.45, 2.75) is 37.8 Å². The third-order valence-corrected chi connectivity index (χ3v) is 4.87. The van der Waals surface area contributed by atoms with E-state index in [9.17, 15) is 9.90 Å². The van der Waals surface area contributed by atoms with Crippen molar-refractivity contribution >= 4 is 17.7 Å². The zero-order valence-corrected chi connectivity index (χ0v) is 13.7. The SMILES string of the molecule is Cc1ccc(C)c(SCC(=O)N2CC(CO)OCC2C)c1. The zero-order valence-electron chi connectivity index (χ0n) is 12.8. The van der Waals surface area contributed by atoms with E-state index in [0.717, 1.165) is 4.90 Å². The Morgan fingerprint density at radius 1 is 1.48 bits per heavy atom. The number of aliphatic hydroxyl groups is 1. The van der Waals surface area contributed by atoms with Crippen molar-refractivity contribution in [3.8, 4) is 0 Å². The van der Waals surface area contributed by atoms with Gasteiger partial charge in [0.05, 0.1) is 31.1 Å². The van der Waals surface area contributed by atoms with E-state index in [1.807, 2.05) is 11.8 Å². The molecule has 0 aliphatic carbocycles. The van der Waals surface area contributed by atoms with Crippen LogP contribution in [0.25, 0.3) is 0 Å². The van der Waals surface area contributed by atoms with Crippen LogP contribution >= 0.6 is 11.8 Å². The van der Waals surface area contributed by atoms with Crippen LogP contribution in [0.2, 0.25) is 0 Å². The molecule has 2 atom stereocenters. The van der Waals surface area contributed by atoms with Crippen LogP contribution in [0.5, 0.6) is 0 Å². The standard InChI is InChI=1S/C16H23NO3S/c1-11-4-5-12(2)15(6-11)21-10-16(19)17-7-14(8-18)20-9-13(17)3/h4-6,13-14,18H,7-10H2,1-3H3. The fraction of sp³-hybridized carbons (Fsp3) is 0.562. The fourth-order valence-corrected chi connectivity index (χ4v) is 3.37. The number of rotatable bonds is 4. The Balaban J connectivity index is 1.96. The summed E-state index contributed by atoms with van der Waals surface area (Å²) in [4.78, 5) is 15.4. The van der Waals surface area contributed by atoms with Crippen molar-refractivity contribution in [3.05, 3.63) is 29.3 Å². The Hall–Kier alpha value is -1.04. The highest BCUT2D eigenvalue weighted by Gasteiger charge is 2.29. The second kappa shape index (κ2) is 7.29. The highest BCUT2D eigenvalue weighted by molar-refractivity contribution is 8.00. The predicted molar refractivity (Wildman–Crippen MR) is 84.6 cm³/mol. The lowest BCUT2D eigenvalue weighted by molar-refractivity contribution is -0.143. The van der Waals surface area contributed by atoms with Gasteiger partial charge in [0, 0.05) is 11.4 Å². The number of hydrogen-bond acceptors (Lipinski definition) is 4. The van der Waals surface area contributed by atoms with Crippen molar-refractivity contribution in [2.24, 2.45) is 0 Å². The molecule has 0 aromatic heterocycles. The Kier molecular flexibility index (Phi) is 5.67. The molecule has 116 valence electrons. The normalized spacial score (nSPS) is 22.4. The first-order valence-corrected chi connectivity index (χ1v) is 8.21. The number of benzene rings is 1. The predicted octanol–water partition coefficient (Wildman–Crippen LogP) is 2.00. The lowest BCUT2D eigenvalue weighted by atomic mass is 10.2. The van der Waals surface area contributed by atoms with Gasteiger partial charge >= 0.3 is 0 Å². The second-order valence-electron chi connectivity index (χ2n) is 5.59. The maximum absolute atomic E-state index is 12.4.